The van der Waals surface area contributed by atoms with Gasteiger partial charge in [-0.25, -0.2) is 4.79 Å². The predicted octanol–water partition coefficient (Wildman–Crippen LogP) is 3.69. The number of hydrogen-bond acceptors (Lipinski definition) is 2. The molecule has 3 N–H and O–H groups in total. The first-order chi connectivity index (χ1) is 8.65. The molecule has 2 amide bonds. The summed E-state index contributed by atoms with van der Waals surface area (Å²) in [6, 6.07) is 12.8. The Hall–Kier alpha value is -2.20. The van der Waals surface area contributed by atoms with Gasteiger partial charge in [0.1, 0.15) is 5.75 Å². The molecule has 92 valence electrons. The average molecular weight is 263 g/mol. The van der Waals surface area contributed by atoms with E-state index in [4.69, 9.17) is 11.6 Å². The van der Waals surface area contributed by atoms with Crippen molar-refractivity contribution in [3.63, 3.8) is 0 Å². The summed E-state index contributed by atoms with van der Waals surface area (Å²) in [6.07, 6.45) is 0. The van der Waals surface area contributed by atoms with Gasteiger partial charge in [0.05, 0.1) is 10.7 Å². The van der Waals surface area contributed by atoms with E-state index in [1.165, 1.54) is 12.1 Å². The van der Waals surface area contributed by atoms with E-state index in [0.29, 0.717) is 16.4 Å². The highest BCUT2D eigenvalue weighted by atomic mass is 35.5. The largest absolute Gasteiger partial charge is 0.508 e. The molecule has 0 radical (unpaired) electrons. The van der Waals surface area contributed by atoms with Crippen LogP contribution in [0.3, 0.4) is 0 Å². The van der Waals surface area contributed by atoms with Gasteiger partial charge in [-0.2, -0.15) is 0 Å². The Bertz CT molecular complexity index is 572. The third kappa shape index (κ3) is 3.15. The minimum Gasteiger partial charge on any atom is -0.508 e. The van der Waals surface area contributed by atoms with Crippen LogP contribution in [0.15, 0.2) is 48.5 Å². The third-order valence-corrected chi connectivity index (χ3v) is 2.56. The van der Waals surface area contributed by atoms with Gasteiger partial charge in [-0.05, 0) is 24.3 Å². The highest BCUT2D eigenvalue weighted by Gasteiger charge is 2.05. The van der Waals surface area contributed by atoms with Crippen LogP contribution in [0.1, 0.15) is 0 Å². The lowest BCUT2D eigenvalue weighted by molar-refractivity contribution is 0.262. The first-order valence-electron chi connectivity index (χ1n) is 5.27. The first-order valence-corrected chi connectivity index (χ1v) is 5.64. The van der Waals surface area contributed by atoms with E-state index in [2.05, 4.69) is 10.6 Å². The second-order valence-electron chi connectivity index (χ2n) is 3.61. The first kappa shape index (κ1) is 12.3. The van der Waals surface area contributed by atoms with E-state index in [0.717, 1.165) is 0 Å². The van der Waals surface area contributed by atoms with E-state index in [1.807, 2.05) is 0 Å². The predicted molar refractivity (Wildman–Crippen MR) is 72.2 cm³/mol. The van der Waals surface area contributed by atoms with Crippen LogP contribution in [-0.4, -0.2) is 11.1 Å². The average Bonchev–Trinajstić information content (AvgIpc) is 2.32. The van der Waals surface area contributed by atoms with Gasteiger partial charge in [-0.15, -0.1) is 0 Å². The number of anilines is 2. The molecule has 0 unspecified atom stereocenters. The highest BCUT2D eigenvalue weighted by Crippen LogP contribution is 2.21. The summed E-state index contributed by atoms with van der Waals surface area (Å²) in [7, 11) is 0. The quantitative estimate of drug-likeness (QED) is 0.773. The van der Waals surface area contributed by atoms with Gasteiger partial charge in [0.2, 0.25) is 0 Å². The molecule has 0 saturated carbocycles. The number of benzene rings is 2. The SMILES string of the molecule is O=C(Nc1cccc(O)c1)Nc1ccccc1Cl. The molecular formula is C13H11ClN2O2. The molecule has 0 bridgehead atoms. The molecular weight excluding hydrogens is 252 g/mol. The standard InChI is InChI=1S/C13H11ClN2O2/c14-11-6-1-2-7-12(11)16-13(18)15-9-4-3-5-10(17)8-9/h1-8,17H,(H2,15,16,18). The maximum absolute atomic E-state index is 11.7. The molecule has 0 aliphatic carbocycles. The number of amides is 2. The van der Waals surface area contributed by atoms with Gasteiger partial charge in [-0.3, -0.25) is 0 Å². The monoisotopic (exact) mass is 262 g/mol. The molecule has 0 saturated heterocycles. The maximum atomic E-state index is 11.7. The lowest BCUT2D eigenvalue weighted by atomic mass is 10.3. The molecule has 18 heavy (non-hydrogen) atoms. The summed E-state index contributed by atoms with van der Waals surface area (Å²) < 4.78 is 0. The van der Waals surface area contributed by atoms with Crippen molar-refractivity contribution in [2.24, 2.45) is 0 Å². The molecule has 0 spiro atoms. The van der Waals surface area contributed by atoms with Crippen molar-refractivity contribution >= 4 is 29.0 Å². The van der Waals surface area contributed by atoms with E-state index in [1.54, 1.807) is 36.4 Å². The smallest absolute Gasteiger partial charge is 0.323 e. The summed E-state index contributed by atoms with van der Waals surface area (Å²) in [4.78, 5) is 11.7. The minimum absolute atomic E-state index is 0.0885. The Kier molecular flexibility index (Phi) is 3.69. The van der Waals surface area contributed by atoms with E-state index in [-0.39, 0.29) is 5.75 Å². The zero-order valence-corrected chi connectivity index (χ0v) is 10.1. The van der Waals surface area contributed by atoms with Gasteiger partial charge >= 0.3 is 6.03 Å². The Morgan fingerprint density at radius 3 is 2.56 bits per heavy atom. The van der Waals surface area contributed by atoms with Crippen LogP contribution in [0.5, 0.6) is 5.75 Å². The van der Waals surface area contributed by atoms with Crippen molar-refractivity contribution in [2.45, 2.75) is 0 Å². The van der Waals surface area contributed by atoms with Crippen LogP contribution in [0.4, 0.5) is 16.2 Å². The molecule has 0 atom stereocenters. The highest BCUT2D eigenvalue weighted by molar-refractivity contribution is 6.33. The Morgan fingerprint density at radius 1 is 1.06 bits per heavy atom. The van der Waals surface area contributed by atoms with Gasteiger partial charge in [0, 0.05) is 11.8 Å². The number of phenolic OH excluding ortho intramolecular Hbond substituents is 1. The van der Waals surface area contributed by atoms with Crippen molar-refractivity contribution in [3.8, 4) is 5.75 Å². The van der Waals surface area contributed by atoms with Crippen molar-refractivity contribution in [3.05, 3.63) is 53.6 Å². The van der Waals surface area contributed by atoms with Gasteiger partial charge in [0.15, 0.2) is 0 Å². The zero-order chi connectivity index (χ0) is 13.0. The van der Waals surface area contributed by atoms with Crippen LogP contribution in [0, 0.1) is 0 Å². The fourth-order valence-electron chi connectivity index (χ4n) is 1.43. The van der Waals surface area contributed by atoms with E-state index in [9.17, 15) is 9.90 Å². The molecule has 4 nitrogen and oxygen atoms in total. The Morgan fingerprint density at radius 2 is 1.83 bits per heavy atom. The second-order valence-corrected chi connectivity index (χ2v) is 4.02. The molecule has 2 aromatic carbocycles. The maximum Gasteiger partial charge on any atom is 0.323 e. The van der Waals surface area contributed by atoms with Crippen molar-refractivity contribution in [2.75, 3.05) is 10.6 Å². The number of hydrogen-bond donors (Lipinski definition) is 3. The van der Waals surface area contributed by atoms with Crippen LogP contribution >= 0.6 is 11.6 Å². The zero-order valence-electron chi connectivity index (χ0n) is 9.35. The number of urea groups is 1. The summed E-state index contributed by atoms with van der Waals surface area (Å²) in [5, 5.41) is 14.9. The molecule has 2 aromatic rings. The number of nitrogens with one attached hydrogen (secondary N) is 2. The fourth-order valence-corrected chi connectivity index (χ4v) is 1.61. The summed E-state index contributed by atoms with van der Waals surface area (Å²) in [5.74, 6) is 0.0885. The lowest BCUT2D eigenvalue weighted by Crippen LogP contribution is -2.19. The summed E-state index contributed by atoms with van der Waals surface area (Å²) >= 11 is 5.91. The topological polar surface area (TPSA) is 61.4 Å². The van der Waals surface area contributed by atoms with Crippen LogP contribution in [0.2, 0.25) is 5.02 Å². The van der Waals surface area contributed by atoms with Crippen molar-refractivity contribution in [1.29, 1.82) is 0 Å². The molecule has 0 aliphatic heterocycles. The number of rotatable bonds is 2. The molecule has 0 heterocycles. The Balaban J connectivity index is 2.03. The van der Waals surface area contributed by atoms with E-state index >= 15 is 0 Å². The number of phenols is 1. The molecule has 0 aliphatic rings. The fraction of sp³-hybridized carbons (Fsp3) is 0. The normalized spacial score (nSPS) is 9.83. The van der Waals surface area contributed by atoms with Crippen LogP contribution in [0.25, 0.3) is 0 Å². The minimum atomic E-state index is -0.423. The molecule has 0 fully saturated rings. The summed E-state index contributed by atoms with van der Waals surface area (Å²) in [6.45, 7) is 0. The van der Waals surface area contributed by atoms with E-state index < -0.39 is 6.03 Å². The van der Waals surface area contributed by atoms with Gasteiger partial charge in [-0.1, -0.05) is 29.8 Å². The van der Waals surface area contributed by atoms with Gasteiger partial charge in [0.25, 0.3) is 0 Å². The molecule has 0 aromatic heterocycles. The Labute approximate surface area is 109 Å². The van der Waals surface area contributed by atoms with Crippen molar-refractivity contribution in [1.82, 2.24) is 0 Å². The molecule has 5 heteroatoms. The van der Waals surface area contributed by atoms with Gasteiger partial charge < -0.3 is 15.7 Å². The number of carbonyl (C=O) groups is 1. The molecule has 2 rings (SSSR count). The van der Waals surface area contributed by atoms with Crippen LogP contribution in [-0.2, 0) is 0 Å². The van der Waals surface area contributed by atoms with Crippen molar-refractivity contribution < 1.29 is 9.90 Å². The lowest BCUT2D eigenvalue weighted by Gasteiger charge is -2.08. The number of para-hydroxylation sites is 1. The van der Waals surface area contributed by atoms with Crippen LogP contribution < -0.4 is 10.6 Å². The number of halogens is 1. The third-order valence-electron chi connectivity index (χ3n) is 2.23. The number of aromatic hydroxyl groups is 1. The number of carbonyl (C=O) groups excluding carboxylic acids is 1. The second kappa shape index (κ2) is 5.42. The summed E-state index contributed by atoms with van der Waals surface area (Å²) in [5.41, 5.74) is 1.02.